The molecule has 1 aromatic carbocycles. The van der Waals surface area contributed by atoms with E-state index in [-0.39, 0.29) is 11.4 Å². The topological polar surface area (TPSA) is 102 Å². The highest BCUT2D eigenvalue weighted by Gasteiger charge is 2.40. The van der Waals surface area contributed by atoms with Gasteiger partial charge in [0.2, 0.25) is 11.9 Å². The molecule has 0 saturated carbocycles. The molecule has 1 fully saturated rings. The zero-order valence-corrected chi connectivity index (χ0v) is 16.9. The molecule has 150 valence electrons. The SMILES string of the molecule is Cc1cccc(C2c3c(nc(N4CC(C)CC(C)C4)[nH]c3=O)NC(=O)C2C#N)c1. The largest absolute Gasteiger partial charge is 0.342 e. The van der Waals surface area contributed by atoms with E-state index in [1.54, 1.807) is 0 Å². The standard InChI is InChI=1S/C22H25N5O2/c1-12-5-4-6-15(8-12)17-16(9-23)20(28)24-19-18(17)21(29)26-22(25-19)27-10-13(2)7-14(3)11-27/h4-6,8,13-14,16-17H,7,10-11H2,1-3H3,(H2,24,25,26,28,29). The number of hydrogen-bond donors (Lipinski definition) is 2. The second-order valence-electron chi connectivity index (χ2n) is 8.49. The van der Waals surface area contributed by atoms with Gasteiger partial charge >= 0.3 is 0 Å². The molecule has 4 rings (SSSR count). The number of aryl methyl sites for hydroxylation is 1. The van der Waals surface area contributed by atoms with Gasteiger partial charge < -0.3 is 10.2 Å². The van der Waals surface area contributed by atoms with E-state index in [1.165, 1.54) is 0 Å². The first-order valence-corrected chi connectivity index (χ1v) is 10.0. The Morgan fingerprint density at radius 3 is 2.59 bits per heavy atom. The summed E-state index contributed by atoms with van der Waals surface area (Å²) in [7, 11) is 0. The summed E-state index contributed by atoms with van der Waals surface area (Å²) in [6.07, 6.45) is 1.14. The third-order valence-electron chi connectivity index (χ3n) is 5.82. The molecule has 29 heavy (non-hydrogen) atoms. The van der Waals surface area contributed by atoms with Gasteiger partial charge in [-0.1, -0.05) is 43.7 Å². The first-order chi connectivity index (χ1) is 13.9. The summed E-state index contributed by atoms with van der Waals surface area (Å²) in [6, 6.07) is 9.66. The van der Waals surface area contributed by atoms with E-state index >= 15 is 0 Å². The van der Waals surface area contributed by atoms with E-state index < -0.39 is 17.7 Å². The Kier molecular flexibility index (Phi) is 4.87. The number of nitriles is 1. The number of amides is 1. The third kappa shape index (κ3) is 3.51. The lowest BCUT2D eigenvalue weighted by atomic mass is 9.79. The molecule has 2 aromatic rings. The Bertz CT molecular complexity index is 1040. The second kappa shape index (κ2) is 7.36. The number of H-pyrrole nitrogens is 1. The van der Waals surface area contributed by atoms with Crippen LogP contribution in [0.5, 0.6) is 0 Å². The van der Waals surface area contributed by atoms with Crippen molar-refractivity contribution in [2.24, 2.45) is 17.8 Å². The predicted molar refractivity (Wildman–Crippen MR) is 111 cm³/mol. The Morgan fingerprint density at radius 1 is 1.21 bits per heavy atom. The molecule has 2 aliphatic rings. The summed E-state index contributed by atoms with van der Waals surface area (Å²) in [5.74, 6) is -0.309. The highest BCUT2D eigenvalue weighted by atomic mass is 16.2. The minimum Gasteiger partial charge on any atom is -0.342 e. The molecule has 3 heterocycles. The van der Waals surface area contributed by atoms with Crippen molar-refractivity contribution in [3.05, 3.63) is 51.3 Å². The third-order valence-corrected chi connectivity index (χ3v) is 5.82. The lowest BCUT2D eigenvalue weighted by molar-refractivity contribution is -0.119. The first kappa shape index (κ1) is 19.2. The van der Waals surface area contributed by atoms with Gasteiger partial charge in [0.1, 0.15) is 11.7 Å². The summed E-state index contributed by atoms with van der Waals surface area (Å²) in [5, 5.41) is 12.3. The van der Waals surface area contributed by atoms with Crippen LogP contribution in [0.15, 0.2) is 29.1 Å². The Labute approximate surface area is 169 Å². The van der Waals surface area contributed by atoms with Crippen LogP contribution in [0.3, 0.4) is 0 Å². The predicted octanol–water partition coefficient (Wildman–Crippen LogP) is 2.78. The molecule has 7 heteroatoms. The quantitative estimate of drug-likeness (QED) is 0.820. The van der Waals surface area contributed by atoms with Gasteiger partial charge in [-0.15, -0.1) is 0 Å². The number of fused-ring (bicyclic) bond motifs is 1. The summed E-state index contributed by atoms with van der Waals surface area (Å²) in [4.78, 5) is 35.4. The maximum atomic E-state index is 13.1. The monoisotopic (exact) mass is 391 g/mol. The minimum absolute atomic E-state index is 0.262. The number of benzene rings is 1. The smallest absolute Gasteiger partial charge is 0.258 e. The van der Waals surface area contributed by atoms with Gasteiger partial charge in [0.05, 0.1) is 11.6 Å². The zero-order valence-electron chi connectivity index (χ0n) is 16.9. The summed E-state index contributed by atoms with van der Waals surface area (Å²) < 4.78 is 0. The second-order valence-corrected chi connectivity index (χ2v) is 8.49. The number of carbonyl (C=O) groups is 1. The molecule has 0 bridgehead atoms. The highest BCUT2D eigenvalue weighted by molar-refractivity contribution is 5.98. The van der Waals surface area contributed by atoms with Crippen LogP contribution in [0.2, 0.25) is 0 Å². The van der Waals surface area contributed by atoms with E-state index in [0.717, 1.165) is 30.6 Å². The number of rotatable bonds is 2. The van der Waals surface area contributed by atoms with Crippen LogP contribution in [0.1, 0.15) is 42.9 Å². The van der Waals surface area contributed by atoms with Gasteiger partial charge in [-0.2, -0.15) is 10.2 Å². The number of nitrogens with one attached hydrogen (secondary N) is 2. The molecule has 0 aliphatic carbocycles. The molecule has 2 N–H and O–H groups in total. The molecule has 7 nitrogen and oxygen atoms in total. The average Bonchev–Trinajstić information content (AvgIpc) is 2.66. The number of carbonyl (C=O) groups excluding carboxylic acids is 1. The van der Waals surface area contributed by atoms with Crippen LogP contribution < -0.4 is 15.8 Å². The zero-order chi connectivity index (χ0) is 20.7. The van der Waals surface area contributed by atoms with E-state index in [0.29, 0.717) is 23.3 Å². The van der Waals surface area contributed by atoms with Crippen LogP contribution in [-0.2, 0) is 4.79 Å². The maximum absolute atomic E-state index is 13.1. The van der Waals surface area contributed by atoms with Gasteiger partial charge in [-0.05, 0) is 30.7 Å². The molecular formula is C22H25N5O2. The molecule has 4 atom stereocenters. The molecule has 0 spiro atoms. The fourth-order valence-corrected chi connectivity index (χ4v) is 4.71. The van der Waals surface area contributed by atoms with Gasteiger partial charge in [-0.25, -0.2) is 0 Å². The van der Waals surface area contributed by atoms with Gasteiger partial charge in [0.15, 0.2) is 0 Å². The Hall–Kier alpha value is -3.14. The van der Waals surface area contributed by atoms with Crippen molar-refractivity contribution >= 4 is 17.7 Å². The van der Waals surface area contributed by atoms with Crippen molar-refractivity contribution in [1.29, 1.82) is 5.26 Å². The first-order valence-electron chi connectivity index (χ1n) is 10.0. The minimum atomic E-state index is -0.979. The van der Waals surface area contributed by atoms with E-state index in [1.807, 2.05) is 31.2 Å². The average molecular weight is 391 g/mol. The normalized spacial score (nSPS) is 26.4. The van der Waals surface area contributed by atoms with Crippen molar-refractivity contribution < 1.29 is 4.79 Å². The van der Waals surface area contributed by atoms with Crippen LogP contribution >= 0.6 is 0 Å². The highest BCUT2D eigenvalue weighted by Crippen LogP contribution is 2.38. The van der Waals surface area contributed by atoms with Crippen LogP contribution in [-0.4, -0.2) is 29.0 Å². The fraction of sp³-hybridized carbons (Fsp3) is 0.455. The number of aromatic amines is 1. The van der Waals surface area contributed by atoms with E-state index in [2.05, 4.69) is 40.1 Å². The number of anilines is 2. The molecule has 4 unspecified atom stereocenters. The van der Waals surface area contributed by atoms with Crippen molar-refractivity contribution in [1.82, 2.24) is 9.97 Å². The molecule has 0 radical (unpaired) electrons. The van der Waals surface area contributed by atoms with Crippen molar-refractivity contribution in [3.63, 3.8) is 0 Å². The van der Waals surface area contributed by atoms with Crippen LogP contribution in [0, 0.1) is 36.0 Å². The van der Waals surface area contributed by atoms with Crippen LogP contribution in [0.4, 0.5) is 11.8 Å². The fourth-order valence-electron chi connectivity index (χ4n) is 4.71. The van der Waals surface area contributed by atoms with Gasteiger partial charge in [-0.3, -0.25) is 14.6 Å². The maximum Gasteiger partial charge on any atom is 0.258 e. The lowest BCUT2D eigenvalue weighted by Crippen LogP contribution is -2.42. The van der Waals surface area contributed by atoms with Crippen molar-refractivity contribution in [2.45, 2.75) is 33.1 Å². The van der Waals surface area contributed by atoms with Crippen molar-refractivity contribution in [3.8, 4) is 6.07 Å². The number of hydrogen-bond acceptors (Lipinski definition) is 5. The molecule has 1 aromatic heterocycles. The van der Waals surface area contributed by atoms with Crippen LogP contribution in [0.25, 0.3) is 0 Å². The molecule has 1 amide bonds. The number of aromatic nitrogens is 2. The lowest BCUT2D eigenvalue weighted by Gasteiger charge is -2.36. The van der Waals surface area contributed by atoms with E-state index in [9.17, 15) is 14.9 Å². The molecule has 1 saturated heterocycles. The van der Waals surface area contributed by atoms with E-state index in [4.69, 9.17) is 0 Å². The summed E-state index contributed by atoms with van der Waals surface area (Å²) in [5.41, 5.74) is 1.82. The number of piperidine rings is 1. The Balaban J connectivity index is 1.83. The molecule has 2 aliphatic heterocycles. The van der Waals surface area contributed by atoms with Gasteiger partial charge in [0.25, 0.3) is 5.56 Å². The van der Waals surface area contributed by atoms with Gasteiger partial charge in [0, 0.05) is 19.0 Å². The number of nitrogens with zero attached hydrogens (tertiary/aromatic N) is 3. The summed E-state index contributed by atoms with van der Waals surface area (Å²) >= 11 is 0. The summed E-state index contributed by atoms with van der Waals surface area (Å²) in [6.45, 7) is 7.93. The Morgan fingerprint density at radius 2 is 1.93 bits per heavy atom. The van der Waals surface area contributed by atoms with Crippen molar-refractivity contribution in [2.75, 3.05) is 23.3 Å². The molecular weight excluding hydrogens is 366 g/mol.